The van der Waals surface area contributed by atoms with Gasteiger partial charge in [-0.2, -0.15) is 0 Å². The highest BCUT2D eigenvalue weighted by atomic mass is 16.6. The number of para-hydroxylation sites is 2. The Hall–Kier alpha value is -4.46. The summed E-state index contributed by atoms with van der Waals surface area (Å²) in [7, 11) is 0. The first-order chi connectivity index (χ1) is 16.9. The third kappa shape index (κ3) is 6.54. The largest absolute Gasteiger partial charge is 0.444 e. The van der Waals surface area contributed by atoms with Crippen LogP contribution in [-0.2, 0) is 11.3 Å². The Morgan fingerprint density at radius 3 is 2.09 bits per heavy atom. The van der Waals surface area contributed by atoms with Gasteiger partial charge in [-0.05, 0) is 63.2 Å². The van der Waals surface area contributed by atoms with Gasteiger partial charge in [-0.25, -0.2) is 9.78 Å². The summed E-state index contributed by atoms with van der Waals surface area (Å²) in [5.41, 5.74) is 3.52. The monoisotopic (exact) mass is 468 g/mol. The van der Waals surface area contributed by atoms with Crippen LogP contribution in [0.15, 0.2) is 91.6 Å². The molecular weight excluding hydrogens is 440 g/mol. The standard InChI is InChI=1S/C27H28N6O2/c1-27(2,3)35-26(34)32-24-13-5-4-12-23(24)31-25-20(9-6-16-30-25)19-33(21-10-7-14-28-17-21)22-11-8-15-29-18-22/h4-18H,19H2,1-3H3,(H,30,31)(H,32,34). The van der Waals surface area contributed by atoms with Crippen LogP contribution < -0.4 is 15.5 Å². The molecule has 0 saturated heterocycles. The Balaban J connectivity index is 1.61. The van der Waals surface area contributed by atoms with E-state index in [2.05, 4.69) is 30.5 Å². The number of anilines is 5. The van der Waals surface area contributed by atoms with Crippen molar-refractivity contribution in [3.8, 4) is 0 Å². The molecule has 178 valence electrons. The lowest BCUT2D eigenvalue weighted by molar-refractivity contribution is 0.0636. The van der Waals surface area contributed by atoms with Crippen LogP contribution in [0.1, 0.15) is 26.3 Å². The zero-order valence-electron chi connectivity index (χ0n) is 20.0. The minimum absolute atomic E-state index is 0.521. The molecule has 8 heteroatoms. The predicted octanol–water partition coefficient (Wildman–Crippen LogP) is 6.30. The Bertz CT molecular complexity index is 1220. The molecule has 0 spiro atoms. The Morgan fingerprint density at radius 1 is 0.857 bits per heavy atom. The highest BCUT2D eigenvalue weighted by Crippen LogP contribution is 2.30. The minimum atomic E-state index is -0.595. The molecule has 0 aliphatic carbocycles. The second-order valence-electron chi connectivity index (χ2n) is 8.82. The van der Waals surface area contributed by atoms with Crippen LogP contribution in [0.4, 0.5) is 33.4 Å². The van der Waals surface area contributed by atoms with Crippen LogP contribution in [0.2, 0.25) is 0 Å². The third-order valence-corrected chi connectivity index (χ3v) is 4.95. The molecule has 4 aromatic rings. The molecule has 1 amide bonds. The number of hydrogen-bond donors (Lipinski definition) is 2. The number of amides is 1. The highest BCUT2D eigenvalue weighted by Gasteiger charge is 2.18. The molecule has 1 aromatic carbocycles. The summed E-state index contributed by atoms with van der Waals surface area (Å²) in [4.78, 5) is 27.6. The van der Waals surface area contributed by atoms with Gasteiger partial charge in [0.15, 0.2) is 0 Å². The molecular formula is C27H28N6O2. The zero-order valence-corrected chi connectivity index (χ0v) is 20.0. The van der Waals surface area contributed by atoms with Crippen LogP contribution >= 0.6 is 0 Å². The van der Waals surface area contributed by atoms with Crippen LogP contribution in [0.25, 0.3) is 0 Å². The van der Waals surface area contributed by atoms with Crippen molar-refractivity contribution in [3.05, 3.63) is 97.2 Å². The first kappa shape index (κ1) is 23.7. The first-order valence-electron chi connectivity index (χ1n) is 11.3. The summed E-state index contributed by atoms with van der Waals surface area (Å²) in [5, 5.41) is 6.20. The SMILES string of the molecule is CC(C)(C)OC(=O)Nc1ccccc1Nc1ncccc1CN(c1cccnc1)c1cccnc1. The molecule has 4 rings (SSSR count). The van der Waals surface area contributed by atoms with Crippen molar-refractivity contribution >= 4 is 34.7 Å². The molecule has 0 atom stereocenters. The lowest BCUT2D eigenvalue weighted by atomic mass is 10.2. The number of benzene rings is 1. The van der Waals surface area contributed by atoms with Gasteiger partial charge in [0.25, 0.3) is 0 Å². The summed E-state index contributed by atoms with van der Waals surface area (Å²) < 4.78 is 5.41. The molecule has 2 N–H and O–H groups in total. The van der Waals surface area contributed by atoms with Gasteiger partial charge >= 0.3 is 6.09 Å². The lowest BCUT2D eigenvalue weighted by Crippen LogP contribution is -2.27. The minimum Gasteiger partial charge on any atom is -0.444 e. The second-order valence-corrected chi connectivity index (χ2v) is 8.82. The molecule has 8 nitrogen and oxygen atoms in total. The summed E-state index contributed by atoms with van der Waals surface area (Å²) in [6.45, 7) is 6.00. The average Bonchev–Trinajstić information content (AvgIpc) is 2.84. The van der Waals surface area contributed by atoms with Crippen molar-refractivity contribution in [2.45, 2.75) is 32.9 Å². The van der Waals surface area contributed by atoms with E-state index in [4.69, 9.17) is 4.74 Å². The number of carbonyl (C=O) groups is 1. The maximum absolute atomic E-state index is 12.4. The van der Waals surface area contributed by atoms with Gasteiger partial charge in [0, 0.05) is 24.2 Å². The van der Waals surface area contributed by atoms with Gasteiger partial charge in [-0.15, -0.1) is 0 Å². The fraction of sp³-hybridized carbons (Fsp3) is 0.185. The van der Waals surface area contributed by atoms with E-state index in [-0.39, 0.29) is 0 Å². The molecule has 0 bridgehead atoms. The maximum Gasteiger partial charge on any atom is 0.412 e. The second kappa shape index (κ2) is 10.6. The molecule has 3 heterocycles. The van der Waals surface area contributed by atoms with Gasteiger partial charge in [-0.3, -0.25) is 15.3 Å². The number of nitrogens with one attached hydrogen (secondary N) is 2. The van der Waals surface area contributed by atoms with Crippen molar-refractivity contribution in [2.24, 2.45) is 0 Å². The topological polar surface area (TPSA) is 92.3 Å². The number of pyridine rings is 3. The summed E-state index contributed by atoms with van der Waals surface area (Å²) in [6, 6.07) is 19.2. The Labute approximate surface area is 205 Å². The normalized spacial score (nSPS) is 10.9. The molecule has 35 heavy (non-hydrogen) atoms. The van der Waals surface area contributed by atoms with E-state index in [1.807, 2.05) is 93.8 Å². The smallest absolute Gasteiger partial charge is 0.412 e. The van der Waals surface area contributed by atoms with E-state index >= 15 is 0 Å². The van der Waals surface area contributed by atoms with Crippen LogP contribution in [-0.4, -0.2) is 26.6 Å². The maximum atomic E-state index is 12.4. The van der Waals surface area contributed by atoms with Crippen LogP contribution in [0.5, 0.6) is 0 Å². The van der Waals surface area contributed by atoms with Crippen LogP contribution in [0.3, 0.4) is 0 Å². The van der Waals surface area contributed by atoms with E-state index in [0.29, 0.717) is 23.7 Å². The Morgan fingerprint density at radius 2 is 1.49 bits per heavy atom. The van der Waals surface area contributed by atoms with Gasteiger partial charge in [-0.1, -0.05) is 18.2 Å². The number of ether oxygens (including phenoxy) is 1. The first-order valence-corrected chi connectivity index (χ1v) is 11.3. The third-order valence-electron chi connectivity index (χ3n) is 4.95. The molecule has 0 fully saturated rings. The highest BCUT2D eigenvalue weighted by molar-refractivity contribution is 5.90. The van der Waals surface area contributed by atoms with Gasteiger partial charge < -0.3 is 15.0 Å². The fourth-order valence-corrected chi connectivity index (χ4v) is 3.45. The number of aromatic nitrogens is 3. The summed E-state index contributed by atoms with van der Waals surface area (Å²) in [5.74, 6) is 0.670. The molecule has 3 aromatic heterocycles. The van der Waals surface area contributed by atoms with E-state index in [1.54, 1.807) is 18.6 Å². The average molecular weight is 469 g/mol. The van der Waals surface area contributed by atoms with E-state index in [9.17, 15) is 4.79 Å². The molecule has 0 saturated carbocycles. The number of carbonyl (C=O) groups excluding carboxylic acids is 1. The van der Waals surface area contributed by atoms with Crippen molar-refractivity contribution in [3.63, 3.8) is 0 Å². The summed E-state index contributed by atoms with van der Waals surface area (Å²) in [6.07, 6.45) is 8.33. The van der Waals surface area contributed by atoms with Crippen molar-refractivity contribution in [2.75, 3.05) is 15.5 Å². The van der Waals surface area contributed by atoms with Gasteiger partial charge in [0.2, 0.25) is 0 Å². The predicted molar refractivity (Wildman–Crippen MR) is 138 cm³/mol. The van der Waals surface area contributed by atoms with Gasteiger partial charge in [0.05, 0.1) is 41.7 Å². The molecule has 0 aliphatic heterocycles. The number of rotatable bonds is 7. The molecule has 0 aliphatic rings. The van der Waals surface area contributed by atoms with Crippen molar-refractivity contribution in [1.29, 1.82) is 0 Å². The quantitative estimate of drug-likeness (QED) is 0.329. The Kier molecular flexibility index (Phi) is 7.21. The van der Waals surface area contributed by atoms with E-state index in [0.717, 1.165) is 16.9 Å². The number of hydrogen-bond acceptors (Lipinski definition) is 7. The van der Waals surface area contributed by atoms with Crippen molar-refractivity contribution < 1.29 is 9.53 Å². The van der Waals surface area contributed by atoms with E-state index in [1.165, 1.54) is 0 Å². The zero-order chi connectivity index (χ0) is 24.7. The van der Waals surface area contributed by atoms with Crippen molar-refractivity contribution in [1.82, 2.24) is 15.0 Å². The fourth-order valence-electron chi connectivity index (χ4n) is 3.45. The van der Waals surface area contributed by atoms with Crippen LogP contribution in [0, 0.1) is 0 Å². The number of nitrogens with zero attached hydrogens (tertiary/aromatic N) is 4. The molecule has 0 radical (unpaired) electrons. The van der Waals surface area contributed by atoms with Gasteiger partial charge in [0.1, 0.15) is 11.4 Å². The summed E-state index contributed by atoms with van der Waals surface area (Å²) >= 11 is 0. The lowest BCUT2D eigenvalue weighted by Gasteiger charge is -2.25. The molecule has 0 unspecified atom stereocenters. The van der Waals surface area contributed by atoms with E-state index < -0.39 is 11.7 Å².